The molecule has 0 radical (unpaired) electrons. The van der Waals surface area contributed by atoms with Crippen LogP contribution >= 0.6 is 11.8 Å². The molecule has 0 aromatic carbocycles. The molecule has 7 heteroatoms. The summed E-state index contributed by atoms with van der Waals surface area (Å²) in [4.78, 5) is 13.9. The third-order valence-electron chi connectivity index (χ3n) is 2.91. The fourth-order valence-corrected chi connectivity index (χ4v) is 3.46. The van der Waals surface area contributed by atoms with Gasteiger partial charge in [0.1, 0.15) is 0 Å². The average molecular weight is 308 g/mol. The van der Waals surface area contributed by atoms with Crippen LogP contribution in [-0.2, 0) is 14.8 Å². The van der Waals surface area contributed by atoms with E-state index in [-0.39, 0.29) is 10.7 Å². The molecule has 1 aliphatic heterocycles. The molecule has 112 valence electrons. The summed E-state index contributed by atoms with van der Waals surface area (Å²) in [6.45, 7) is 8.31. The molecule has 0 aromatic rings. The van der Waals surface area contributed by atoms with E-state index in [4.69, 9.17) is 0 Å². The van der Waals surface area contributed by atoms with E-state index in [1.165, 1.54) is 10.6 Å². The van der Waals surface area contributed by atoms with Crippen LogP contribution < -0.4 is 0 Å². The Bertz CT molecular complexity index is 415. The van der Waals surface area contributed by atoms with Gasteiger partial charge in [0.2, 0.25) is 15.9 Å². The summed E-state index contributed by atoms with van der Waals surface area (Å²) in [5, 5.41) is 0. The van der Waals surface area contributed by atoms with E-state index in [9.17, 15) is 13.2 Å². The normalized spacial score (nSPS) is 19.3. The maximum absolute atomic E-state index is 12.1. The zero-order valence-electron chi connectivity index (χ0n) is 12.2. The summed E-state index contributed by atoms with van der Waals surface area (Å²) in [7, 11) is -3.14. The number of carbonyl (C=O) groups is 1. The lowest BCUT2D eigenvalue weighted by molar-refractivity contribution is -0.128. The third kappa shape index (κ3) is 6.14. The van der Waals surface area contributed by atoms with Crippen molar-refractivity contribution in [2.45, 2.75) is 31.9 Å². The highest BCUT2D eigenvalue weighted by atomic mass is 32.2. The summed E-state index contributed by atoms with van der Waals surface area (Å²) in [6, 6.07) is 0. The Balaban J connectivity index is 2.51. The molecule has 0 aliphatic carbocycles. The SMILES string of the molecule is CC(C)(C)SCC(=O)N1CCCN(S(C)(=O)=O)CC1. The van der Waals surface area contributed by atoms with Crippen molar-refractivity contribution in [1.29, 1.82) is 0 Å². The van der Waals surface area contributed by atoms with Gasteiger partial charge >= 0.3 is 0 Å². The molecule has 1 saturated heterocycles. The Morgan fingerprint density at radius 3 is 2.32 bits per heavy atom. The number of carbonyl (C=O) groups excluding carboxylic acids is 1. The van der Waals surface area contributed by atoms with Crippen LogP contribution in [0.5, 0.6) is 0 Å². The van der Waals surface area contributed by atoms with Crippen LogP contribution in [0.15, 0.2) is 0 Å². The molecule has 1 rings (SSSR count). The minimum absolute atomic E-state index is 0.0697. The number of thioether (sulfide) groups is 1. The third-order valence-corrected chi connectivity index (χ3v) is 5.47. The van der Waals surface area contributed by atoms with E-state index in [1.807, 2.05) is 0 Å². The van der Waals surface area contributed by atoms with Crippen LogP contribution in [-0.4, -0.2) is 66.5 Å². The van der Waals surface area contributed by atoms with Gasteiger partial charge in [-0.1, -0.05) is 20.8 Å². The van der Waals surface area contributed by atoms with Crippen molar-refractivity contribution in [3.8, 4) is 0 Å². The van der Waals surface area contributed by atoms with E-state index in [0.717, 1.165) is 0 Å². The summed E-state index contributed by atoms with van der Waals surface area (Å²) in [5.41, 5.74) is 0. The van der Waals surface area contributed by atoms with Crippen LogP contribution in [0.2, 0.25) is 0 Å². The number of amides is 1. The van der Waals surface area contributed by atoms with Crippen molar-refractivity contribution in [1.82, 2.24) is 9.21 Å². The Kier molecular flexibility index (Phi) is 5.70. The van der Waals surface area contributed by atoms with E-state index >= 15 is 0 Å². The topological polar surface area (TPSA) is 57.7 Å². The lowest BCUT2D eigenvalue weighted by Crippen LogP contribution is -2.38. The zero-order chi connectivity index (χ0) is 14.7. The molecule has 0 aromatic heterocycles. The van der Waals surface area contributed by atoms with Crippen molar-refractivity contribution in [2.24, 2.45) is 0 Å². The Morgan fingerprint density at radius 2 is 1.79 bits per heavy atom. The number of nitrogens with zero attached hydrogens (tertiary/aromatic N) is 2. The van der Waals surface area contributed by atoms with Crippen LogP contribution in [0.1, 0.15) is 27.2 Å². The number of hydrogen-bond donors (Lipinski definition) is 0. The van der Waals surface area contributed by atoms with Gasteiger partial charge in [0.05, 0.1) is 12.0 Å². The highest BCUT2D eigenvalue weighted by Gasteiger charge is 2.24. The van der Waals surface area contributed by atoms with Gasteiger partial charge in [-0.05, 0) is 6.42 Å². The molecular formula is C12H24N2O3S2. The minimum Gasteiger partial charge on any atom is -0.341 e. The molecule has 1 fully saturated rings. The minimum atomic E-state index is -3.14. The molecule has 5 nitrogen and oxygen atoms in total. The van der Waals surface area contributed by atoms with Crippen LogP contribution in [0.3, 0.4) is 0 Å². The standard InChI is InChI=1S/C12H24N2O3S2/c1-12(2,3)18-10-11(15)13-6-5-7-14(9-8-13)19(4,16)17/h5-10H2,1-4H3. The molecule has 19 heavy (non-hydrogen) atoms. The second-order valence-electron chi connectivity index (χ2n) is 5.80. The Morgan fingerprint density at radius 1 is 1.16 bits per heavy atom. The molecule has 0 N–H and O–H groups in total. The molecule has 0 saturated carbocycles. The highest BCUT2D eigenvalue weighted by molar-refractivity contribution is 8.01. The van der Waals surface area contributed by atoms with Gasteiger partial charge in [-0.3, -0.25) is 4.79 Å². The molecule has 1 heterocycles. The number of rotatable bonds is 3. The van der Waals surface area contributed by atoms with Crippen LogP contribution in [0, 0.1) is 0 Å². The fraction of sp³-hybridized carbons (Fsp3) is 0.917. The van der Waals surface area contributed by atoms with Crippen molar-refractivity contribution >= 4 is 27.7 Å². The van der Waals surface area contributed by atoms with E-state index in [0.29, 0.717) is 38.4 Å². The smallest absolute Gasteiger partial charge is 0.232 e. The first-order chi connectivity index (χ1) is 8.59. The molecular weight excluding hydrogens is 284 g/mol. The first-order valence-electron chi connectivity index (χ1n) is 6.46. The molecule has 1 amide bonds. The lowest BCUT2D eigenvalue weighted by Gasteiger charge is -2.23. The van der Waals surface area contributed by atoms with E-state index in [2.05, 4.69) is 20.8 Å². The molecule has 0 atom stereocenters. The first-order valence-corrected chi connectivity index (χ1v) is 9.30. The molecule has 0 spiro atoms. The van der Waals surface area contributed by atoms with Crippen molar-refractivity contribution in [3.05, 3.63) is 0 Å². The second kappa shape index (κ2) is 6.45. The van der Waals surface area contributed by atoms with Crippen LogP contribution in [0.4, 0.5) is 0 Å². The van der Waals surface area contributed by atoms with Gasteiger partial charge in [-0.25, -0.2) is 12.7 Å². The maximum Gasteiger partial charge on any atom is 0.232 e. The largest absolute Gasteiger partial charge is 0.341 e. The van der Waals surface area contributed by atoms with Crippen molar-refractivity contribution < 1.29 is 13.2 Å². The number of hydrogen-bond acceptors (Lipinski definition) is 4. The average Bonchev–Trinajstić information content (AvgIpc) is 2.49. The van der Waals surface area contributed by atoms with Gasteiger partial charge < -0.3 is 4.90 Å². The van der Waals surface area contributed by atoms with Crippen molar-refractivity contribution in [2.75, 3.05) is 38.2 Å². The summed E-state index contributed by atoms with van der Waals surface area (Å²) < 4.78 is 24.5. The quantitative estimate of drug-likeness (QED) is 0.781. The molecule has 0 bridgehead atoms. The number of sulfonamides is 1. The molecule has 0 unspecified atom stereocenters. The van der Waals surface area contributed by atoms with E-state index in [1.54, 1.807) is 16.7 Å². The predicted octanol–water partition coefficient (Wildman–Crippen LogP) is 1.01. The fourth-order valence-electron chi connectivity index (χ4n) is 1.84. The summed E-state index contributed by atoms with van der Waals surface area (Å²) in [6.07, 6.45) is 1.93. The summed E-state index contributed by atoms with van der Waals surface area (Å²) >= 11 is 1.63. The van der Waals surface area contributed by atoms with Gasteiger partial charge in [-0.2, -0.15) is 0 Å². The monoisotopic (exact) mass is 308 g/mol. The van der Waals surface area contributed by atoms with E-state index < -0.39 is 10.0 Å². The van der Waals surface area contributed by atoms with Gasteiger partial charge in [-0.15, -0.1) is 11.8 Å². The van der Waals surface area contributed by atoms with Gasteiger partial charge in [0.15, 0.2) is 0 Å². The Hall–Kier alpha value is -0.270. The van der Waals surface area contributed by atoms with Gasteiger partial charge in [0, 0.05) is 30.9 Å². The first kappa shape index (κ1) is 16.8. The second-order valence-corrected chi connectivity index (χ2v) is 9.58. The summed E-state index contributed by atoms with van der Waals surface area (Å²) in [5.74, 6) is 0.567. The maximum atomic E-state index is 12.1. The Labute approximate surface area is 120 Å². The van der Waals surface area contributed by atoms with Crippen molar-refractivity contribution in [3.63, 3.8) is 0 Å². The lowest BCUT2D eigenvalue weighted by atomic mass is 10.3. The van der Waals surface area contributed by atoms with Crippen LogP contribution in [0.25, 0.3) is 0 Å². The van der Waals surface area contributed by atoms with Gasteiger partial charge in [0.25, 0.3) is 0 Å². The highest BCUT2D eigenvalue weighted by Crippen LogP contribution is 2.23. The predicted molar refractivity (Wildman–Crippen MR) is 79.8 cm³/mol. The molecule has 1 aliphatic rings. The zero-order valence-corrected chi connectivity index (χ0v) is 13.8.